The van der Waals surface area contributed by atoms with Gasteiger partial charge < -0.3 is 0 Å². The molecule has 0 unspecified atom stereocenters. The number of rotatable bonds is 2. The Morgan fingerprint density at radius 1 is 1.50 bits per heavy atom. The molecule has 1 aliphatic rings. The fraction of sp³-hybridized carbons (Fsp3) is 0.556. The first kappa shape index (κ1) is 9.71. The van der Waals surface area contributed by atoms with Crippen LogP contribution in [0.15, 0.2) is 12.4 Å². The van der Waals surface area contributed by atoms with E-state index < -0.39 is 0 Å². The molecule has 0 saturated heterocycles. The van der Waals surface area contributed by atoms with Crippen molar-refractivity contribution in [1.29, 1.82) is 0 Å². The molecule has 5 heteroatoms. The fourth-order valence-electron chi connectivity index (χ4n) is 1.84. The van der Waals surface area contributed by atoms with Crippen LogP contribution in [0.25, 0.3) is 0 Å². The standard InChI is InChI=1S/C9H11FN2OS/c10-14-12-6-8(5-11-12)7-1-3-9(13)4-2-7/h5-7H,1-4H2. The summed E-state index contributed by atoms with van der Waals surface area (Å²) in [5.74, 6) is 0.724. The summed E-state index contributed by atoms with van der Waals surface area (Å²) in [7, 11) is 0. The van der Waals surface area contributed by atoms with Crippen LogP contribution in [0.5, 0.6) is 0 Å². The second kappa shape index (κ2) is 4.13. The SMILES string of the molecule is O=C1CCC(c2cnn(SF)c2)CC1. The third kappa shape index (κ3) is 1.97. The highest BCUT2D eigenvalue weighted by Crippen LogP contribution is 2.31. The molecule has 76 valence electrons. The highest BCUT2D eigenvalue weighted by atomic mass is 32.2. The van der Waals surface area contributed by atoms with Crippen molar-refractivity contribution in [1.82, 2.24) is 9.19 Å². The van der Waals surface area contributed by atoms with Crippen molar-refractivity contribution in [3.63, 3.8) is 0 Å². The summed E-state index contributed by atoms with van der Waals surface area (Å²) in [5, 5.41) is 3.85. The molecule has 1 fully saturated rings. The second-order valence-electron chi connectivity index (χ2n) is 3.56. The van der Waals surface area contributed by atoms with Gasteiger partial charge >= 0.3 is 0 Å². The lowest BCUT2D eigenvalue weighted by atomic mass is 9.85. The van der Waals surface area contributed by atoms with Crippen LogP contribution in [-0.4, -0.2) is 15.0 Å². The number of Topliss-reactive ketones (excluding diaryl/α,β-unsaturated/α-hetero) is 1. The lowest BCUT2D eigenvalue weighted by Gasteiger charge is -2.18. The molecule has 0 atom stereocenters. The summed E-state index contributed by atoms with van der Waals surface area (Å²) in [6.07, 6.45) is 6.44. The molecule has 0 amide bonds. The van der Waals surface area contributed by atoms with Crippen molar-refractivity contribution in [2.75, 3.05) is 0 Å². The maximum Gasteiger partial charge on any atom is 0.187 e. The van der Waals surface area contributed by atoms with E-state index in [1.807, 2.05) is 0 Å². The minimum absolute atomic E-state index is 0.0928. The van der Waals surface area contributed by atoms with Gasteiger partial charge in [0.2, 0.25) is 0 Å². The Bertz CT molecular complexity index is 329. The number of halogens is 1. The Morgan fingerprint density at radius 2 is 2.21 bits per heavy atom. The van der Waals surface area contributed by atoms with E-state index in [0.29, 0.717) is 24.5 Å². The molecule has 1 saturated carbocycles. The van der Waals surface area contributed by atoms with Gasteiger partial charge in [-0.05, 0) is 24.3 Å². The van der Waals surface area contributed by atoms with Crippen molar-refractivity contribution in [3.8, 4) is 0 Å². The van der Waals surface area contributed by atoms with Crippen molar-refractivity contribution in [3.05, 3.63) is 18.0 Å². The van der Waals surface area contributed by atoms with E-state index in [1.165, 1.54) is 4.09 Å². The predicted octanol–water partition coefficient (Wildman–Crippen LogP) is 2.49. The van der Waals surface area contributed by atoms with Crippen LogP contribution in [0.3, 0.4) is 0 Å². The van der Waals surface area contributed by atoms with Gasteiger partial charge in [0.15, 0.2) is 12.3 Å². The van der Waals surface area contributed by atoms with Crippen LogP contribution >= 0.6 is 12.3 Å². The molecule has 1 aromatic heterocycles. The van der Waals surface area contributed by atoms with Gasteiger partial charge in [0, 0.05) is 19.0 Å². The smallest absolute Gasteiger partial charge is 0.187 e. The molecule has 3 nitrogen and oxygen atoms in total. The van der Waals surface area contributed by atoms with Crippen LogP contribution in [0.1, 0.15) is 37.2 Å². The molecule has 1 heterocycles. The van der Waals surface area contributed by atoms with Gasteiger partial charge in [0.25, 0.3) is 0 Å². The third-order valence-corrected chi connectivity index (χ3v) is 3.01. The molecule has 0 N–H and O–H groups in total. The Morgan fingerprint density at radius 3 is 2.79 bits per heavy atom. The molecular formula is C9H11FN2OS. The average molecular weight is 214 g/mol. The maximum atomic E-state index is 12.1. The summed E-state index contributed by atoms with van der Waals surface area (Å²) < 4.78 is 13.3. The topological polar surface area (TPSA) is 34.9 Å². The molecule has 0 spiro atoms. The van der Waals surface area contributed by atoms with E-state index in [0.717, 1.165) is 18.4 Å². The van der Waals surface area contributed by atoms with Gasteiger partial charge in [0.05, 0.1) is 6.20 Å². The molecule has 2 rings (SSSR count). The van der Waals surface area contributed by atoms with Crippen molar-refractivity contribution >= 4 is 18.1 Å². The van der Waals surface area contributed by atoms with Crippen LogP contribution in [0, 0.1) is 0 Å². The summed E-state index contributed by atoms with van der Waals surface area (Å²) in [5.41, 5.74) is 1.04. The van der Waals surface area contributed by atoms with Crippen molar-refractivity contribution in [2.24, 2.45) is 0 Å². The maximum absolute atomic E-state index is 12.1. The van der Waals surface area contributed by atoms with Gasteiger partial charge in [0.1, 0.15) is 5.78 Å². The number of carbonyl (C=O) groups is 1. The van der Waals surface area contributed by atoms with E-state index in [9.17, 15) is 8.68 Å². The van der Waals surface area contributed by atoms with Gasteiger partial charge in [-0.3, -0.25) is 4.79 Å². The lowest BCUT2D eigenvalue weighted by Crippen LogP contribution is -2.11. The lowest BCUT2D eigenvalue weighted by molar-refractivity contribution is -0.120. The Kier molecular flexibility index (Phi) is 2.86. The van der Waals surface area contributed by atoms with Gasteiger partial charge in [-0.1, -0.05) is 0 Å². The Hall–Kier alpha value is -0.840. The largest absolute Gasteiger partial charge is 0.300 e. The monoisotopic (exact) mass is 214 g/mol. The zero-order valence-electron chi connectivity index (χ0n) is 7.65. The summed E-state index contributed by atoms with van der Waals surface area (Å²) >= 11 is 0.0928. The van der Waals surface area contributed by atoms with Crippen LogP contribution in [0.4, 0.5) is 3.89 Å². The van der Waals surface area contributed by atoms with Crippen LogP contribution in [-0.2, 0) is 4.79 Å². The average Bonchev–Trinajstić information content (AvgIpc) is 2.67. The normalized spacial score (nSPS) is 18.8. The minimum Gasteiger partial charge on any atom is -0.300 e. The second-order valence-corrected chi connectivity index (χ2v) is 4.07. The van der Waals surface area contributed by atoms with E-state index in [-0.39, 0.29) is 12.3 Å². The Labute approximate surface area is 86.1 Å². The molecule has 0 aliphatic heterocycles. The van der Waals surface area contributed by atoms with E-state index in [1.54, 1.807) is 12.4 Å². The van der Waals surface area contributed by atoms with E-state index in [2.05, 4.69) is 5.10 Å². The summed E-state index contributed by atoms with van der Waals surface area (Å²) in [6.45, 7) is 0. The molecule has 1 aliphatic carbocycles. The highest BCUT2D eigenvalue weighted by Gasteiger charge is 2.21. The van der Waals surface area contributed by atoms with Crippen molar-refractivity contribution in [2.45, 2.75) is 31.6 Å². The molecule has 0 aromatic carbocycles. The predicted molar refractivity (Wildman–Crippen MR) is 52.5 cm³/mol. The van der Waals surface area contributed by atoms with Gasteiger partial charge in [-0.2, -0.15) is 9.19 Å². The zero-order chi connectivity index (χ0) is 9.97. The fourth-order valence-corrected chi connectivity index (χ4v) is 2.08. The quantitative estimate of drug-likeness (QED) is 0.758. The highest BCUT2D eigenvalue weighted by molar-refractivity contribution is 7.92. The number of hydrogen-bond donors (Lipinski definition) is 0. The Balaban J connectivity index is 2.04. The van der Waals surface area contributed by atoms with Crippen LogP contribution in [0.2, 0.25) is 0 Å². The number of nitrogens with zero attached hydrogens (tertiary/aromatic N) is 2. The molecule has 0 radical (unpaired) electrons. The van der Waals surface area contributed by atoms with E-state index >= 15 is 0 Å². The van der Waals surface area contributed by atoms with Gasteiger partial charge in [-0.15, -0.1) is 3.89 Å². The number of hydrogen-bond acceptors (Lipinski definition) is 3. The molecule has 1 aromatic rings. The minimum atomic E-state index is 0.0928. The summed E-state index contributed by atoms with van der Waals surface area (Å²) in [6, 6.07) is 0. The van der Waals surface area contributed by atoms with Crippen LogP contribution < -0.4 is 0 Å². The van der Waals surface area contributed by atoms with Gasteiger partial charge in [-0.25, -0.2) is 0 Å². The molecular weight excluding hydrogens is 203 g/mol. The van der Waals surface area contributed by atoms with Crippen molar-refractivity contribution < 1.29 is 8.68 Å². The summed E-state index contributed by atoms with van der Waals surface area (Å²) in [4.78, 5) is 11.0. The third-order valence-electron chi connectivity index (χ3n) is 2.67. The van der Waals surface area contributed by atoms with E-state index in [4.69, 9.17) is 0 Å². The first-order valence-corrected chi connectivity index (χ1v) is 5.32. The number of carbonyl (C=O) groups excluding carboxylic acids is 1. The molecule has 14 heavy (non-hydrogen) atoms. The first-order chi connectivity index (χ1) is 6.79. The molecule has 0 bridgehead atoms. The number of aromatic nitrogens is 2. The number of ketones is 1. The first-order valence-electron chi connectivity index (χ1n) is 4.65. The zero-order valence-corrected chi connectivity index (χ0v) is 8.47.